The van der Waals surface area contributed by atoms with Crippen molar-refractivity contribution in [2.45, 2.75) is 36.1 Å². The Labute approximate surface area is 177 Å². The molecule has 0 saturated heterocycles. The van der Waals surface area contributed by atoms with Gasteiger partial charge in [0, 0.05) is 17.3 Å². The molecule has 0 bridgehead atoms. The number of hydrogen-bond acceptors (Lipinski definition) is 5. The first kappa shape index (κ1) is 19.5. The highest BCUT2D eigenvalue weighted by Crippen LogP contribution is 2.41. The topological polar surface area (TPSA) is 83.6 Å². The van der Waals surface area contributed by atoms with Crippen LogP contribution in [0, 0.1) is 11.3 Å². The van der Waals surface area contributed by atoms with Crippen LogP contribution in [0.3, 0.4) is 0 Å². The number of rotatable bonds is 6. The molecule has 1 aliphatic carbocycles. The molecule has 1 heterocycles. The highest BCUT2D eigenvalue weighted by Gasteiger charge is 2.31. The molecule has 1 amide bonds. The monoisotopic (exact) mass is 423 g/mol. The van der Waals surface area contributed by atoms with Crippen molar-refractivity contribution < 1.29 is 4.79 Å². The molecule has 146 valence electrons. The van der Waals surface area contributed by atoms with Crippen LogP contribution in [0.25, 0.3) is 5.69 Å². The molecule has 0 radical (unpaired) electrons. The number of amides is 1. The fraction of sp³-hybridized carbons (Fsp3) is 0.238. The minimum Gasteiger partial charge on any atom is -0.325 e. The maximum atomic E-state index is 12.7. The van der Waals surface area contributed by atoms with Crippen molar-refractivity contribution in [3.63, 3.8) is 0 Å². The Morgan fingerprint density at radius 3 is 2.69 bits per heavy atom. The molecule has 1 aliphatic rings. The van der Waals surface area contributed by atoms with E-state index in [1.165, 1.54) is 11.8 Å². The maximum Gasteiger partial charge on any atom is 0.237 e. The zero-order valence-corrected chi connectivity index (χ0v) is 17.2. The van der Waals surface area contributed by atoms with E-state index >= 15 is 0 Å². The van der Waals surface area contributed by atoms with Gasteiger partial charge < -0.3 is 5.32 Å². The predicted molar refractivity (Wildman–Crippen MR) is 113 cm³/mol. The van der Waals surface area contributed by atoms with Crippen LogP contribution < -0.4 is 5.32 Å². The summed E-state index contributed by atoms with van der Waals surface area (Å²) in [6, 6.07) is 16.8. The van der Waals surface area contributed by atoms with E-state index in [0.717, 1.165) is 24.4 Å². The van der Waals surface area contributed by atoms with E-state index in [-0.39, 0.29) is 5.91 Å². The van der Waals surface area contributed by atoms with Gasteiger partial charge in [-0.05, 0) is 50.1 Å². The number of benzene rings is 2. The van der Waals surface area contributed by atoms with Crippen LogP contribution in [-0.4, -0.2) is 25.9 Å². The van der Waals surface area contributed by atoms with Crippen molar-refractivity contribution in [2.75, 3.05) is 5.32 Å². The van der Waals surface area contributed by atoms with Gasteiger partial charge in [0.2, 0.25) is 5.91 Å². The third-order valence-corrected chi connectivity index (χ3v) is 5.98. The Hall–Kier alpha value is -2.82. The van der Waals surface area contributed by atoms with Crippen molar-refractivity contribution >= 4 is 35.0 Å². The lowest BCUT2D eigenvalue weighted by atomic mass is 10.2. The fourth-order valence-electron chi connectivity index (χ4n) is 2.92. The van der Waals surface area contributed by atoms with Crippen molar-refractivity contribution in [1.82, 2.24) is 14.8 Å². The van der Waals surface area contributed by atoms with Gasteiger partial charge in [-0.1, -0.05) is 41.6 Å². The molecular formula is C21H18ClN5OS. The Bertz CT molecular complexity index is 1090. The first-order chi connectivity index (χ1) is 14.1. The maximum absolute atomic E-state index is 12.7. The number of carbonyl (C=O) groups is 1. The number of nitriles is 1. The molecular weight excluding hydrogens is 406 g/mol. The number of carbonyl (C=O) groups excluding carboxylic acids is 1. The lowest BCUT2D eigenvalue weighted by molar-refractivity contribution is -0.115. The van der Waals surface area contributed by atoms with Gasteiger partial charge in [0.15, 0.2) is 5.16 Å². The van der Waals surface area contributed by atoms with Crippen molar-refractivity contribution in [3.05, 3.63) is 64.9 Å². The number of nitrogens with one attached hydrogen (secondary N) is 1. The summed E-state index contributed by atoms with van der Waals surface area (Å²) in [5.74, 6) is 1.21. The van der Waals surface area contributed by atoms with Gasteiger partial charge in [-0.25, -0.2) is 0 Å². The molecule has 1 atom stereocenters. The number of thioether (sulfide) groups is 1. The largest absolute Gasteiger partial charge is 0.325 e. The summed E-state index contributed by atoms with van der Waals surface area (Å²) in [6.07, 6.45) is 2.23. The first-order valence-electron chi connectivity index (χ1n) is 9.24. The molecule has 6 nitrogen and oxygen atoms in total. The summed E-state index contributed by atoms with van der Waals surface area (Å²) in [5.41, 5.74) is 1.92. The minimum absolute atomic E-state index is 0.175. The Morgan fingerprint density at radius 2 is 2.03 bits per heavy atom. The van der Waals surface area contributed by atoms with Crippen LogP contribution in [0.1, 0.15) is 37.1 Å². The summed E-state index contributed by atoms with van der Waals surface area (Å²) < 4.78 is 2.05. The predicted octanol–water partition coefficient (Wildman–Crippen LogP) is 4.79. The summed E-state index contributed by atoms with van der Waals surface area (Å²) >= 11 is 7.41. The molecule has 1 fully saturated rings. The third-order valence-electron chi connectivity index (χ3n) is 4.62. The lowest BCUT2D eigenvalue weighted by Gasteiger charge is -2.14. The second-order valence-electron chi connectivity index (χ2n) is 6.84. The van der Waals surface area contributed by atoms with E-state index in [2.05, 4.69) is 15.5 Å². The van der Waals surface area contributed by atoms with E-state index in [9.17, 15) is 4.79 Å². The van der Waals surface area contributed by atoms with Crippen LogP contribution in [0.4, 0.5) is 5.69 Å². The van der Waals surface area contributed by atoms with Gasteiger partial charge >= 0.3 is 0 Å². The average molecular weight is 424 g/mol. The highest BCUT2D eigenvalue weighted by molar-refractivity contribution is 8.00. The van der Waals surface area contributed by atoms with Crippen LogP contribution in [0.15, 0.2) is 53.7 Å². The van der Waals surface area contributed by atoms with Gasteiger partial charge in [-0.15, -0.1) is 10.2 Å². The molecule has 29 heavy (non-hydrogen) atoms. The minimum atomic E-state index is -0.400. The third kappa shape index (κ3) is 4.29. The number of para-hydroxylation sites is 1. The van der Waals surface area contributed by atoms with Gasteiger partial charge in [0.25, 0.3) is 0 Å². The number of hydrogen-bond donors (Lipinski definition) is 1. The van der Waals surface area contributed by atoms with E-state index in [0.29, 0.717) is 27.3 Å². The number of halogens is 1. The molecule has 0 aliphatic heterocycles. The molecule has 1 saturated carbocycles. The Balaban J connectivity index is 1.52. The first-order valence-corrected chi connectivity index (χ1v) is 10.5. The summed E-state index contributed by atoms with van der Waals surface area (Å²) in [4.78, 5) is 12.7. The summed E-state index contributed by atoms with van der Waals surface area (Å²) in [6.45, 7) is 1.83. The lowest BCUT2D eigenvalue weighted by Crippen LogP contribution is -2.23. The van der Waals surface area contributed by atoms with Gasteiger partial charge in [-0.3, -0.25) is 9.36 Å². The summed E-state index contributed by atoms with van der Waals surface area (Å²) in [7, 11) is 0. The molecule has 3 aromatic rings. The number of anilines is 1. The van der Waals surface area contributed by atoms with E-state index in [1.54, 1.807) is 18.2 Å². The summed E-state index contributed by atoms with van der Waals surface area (Å²) in [5, 5.41) is 21.2. The molecule has 1 N–H and O–H groups in total. The molecule has 0 spiro atoms. The van der Waals surface area contributed by atoms with E-state index in [4.69, 9.17) is 16.9 Å². The van der Waals surface area contributed by atoms with Gasteiger partial charge in [0.05, 0.1) is 15.8 Å². The van der Waals surface area contributed by atoms with E-state index < -0.39 is 5.25 Å². The molecule has 1 unspecified atom stereocenters. The quantitative estimate of drug-likeness (QED) is 0.576. The fourth-order valence-corrected chi connectivity index (χ4v) is 4.02. The van der Waals surface area contributed by atoms with Crippen molar-refractivity contribution in [1.29, 1.82) is 5.26 Å². The number of nitrogens with zero attached hydrogens (tertiary/aromatic N) is 4. The van der Waals surface area contributed by atoms with Crippen LogP contribution in [0.5, 0.6) is 0 Å². The van der Waals surface area contributed by atoms with E-state index in [1.807, 2.05) is 47.9 Å². The second kappa shape index (κ2) is 8.27. The van der Waals surface area contributed by atoms with Crippen molar-refractivity contribution in [2.24, 2.45) is 0 Å². The van der Waals surface area contributed by atoms with Gasteiger partial charge in [0.1, 0.15) is 11.9 Å². The SMILES string of the molecule is CC(Sc1nnc(C2CC2)n1-c1ccccc1)C(=O)Nc1ccc(C#N)c(Cl)c1. The van der Waals surface area contributed by atoms with Crippen LogP contribution in [0.2, 0.25) is 5.02 Å². The zero-order valence-electron chi connectivity index (χ0n) is 15.7. The molecule has 8 heteroatoms. The molecule has 2 aromatic carbocycles. The van der Waals surface area contributed by atoms with Crippen LogP contribution >= 0.6 is 23.4 Å². The Morgan fingerprint density at radius 1 is 1.28 bits per heavy atom. The van der Waals surface area contributed by atoms with Gasteiger partial charge in [-0.2, -0.15) is 5.26 Å². The highest BCUT2D eigenvalue weighted by atomic mass is 35.5. The number of aromatic nitrogens is 3. The van der Waals surface area contributed by atoms with Crippen LogP contribution in [-0.2, 0) is 4.79 Å². The second-order valence-corrected chi connectivity index (χ2v) is 8.56. The molecule has 4 rings (SSSR count). The smallest absolute Gasteiger partial charge is 0.237 e. The zero-order chi connectivity index (χ0) is 20.4. The normalized spacial score (nSPS) is 14.2. The standard InChI is InChI=1S/C21H18ClN5OS/c1-13(20(28)24-16-10-9-15(12-23)18(22)11-16)29-21-26-25-19(14-7-8-14)27(21)17-5-3-2-4-6-17/h2-6,9-11,13-14H,7-8H2,1H3,(H,24,28). The average Bonchev–Trinajstić information content (AvgIpc) is 3.49. The molecule has 1 aromatic heterocycles. The Kier molecular flexibility index (Phi) is 5.56. The van der Waals surface area contributed by atoms with Crippen molar-refractivity contribution in [3.8, 4) is 11.8 Å².